The van der Waals surface area contributed by atoms with Crippen molar-refractivity contribution in [2.24, 2.45) is 0 Å². The van der Waals surface area contributed by atoms with Crippen LogP contribution in [0.1, 0.15) is 23.0 Å². The molecule has 1 fully saturated rings. The zero-order valence-electron chi connectivity index (χ0n) is 7.89. The van der Waals surface area contributed by atoms with E-state index in [4.69, 9.17) is 0 Å². The molecule has 1 aromatic carbocycles. The highest BCUT2D eigenvalue weighted by Gasteiger charge is 2.39. The Morgan fingerprint density at radius 1 is 0.765 bits per heavy atom. The molecule has 1 aromatic rings. The normalized spacial score (nSPS) is 17.3. The van der Waals surface area contributed by atoms with Gasteiger partial charge in [-0.25, -0.2) is 0 Å². The summed E-state index contributed by atoms with van der Waals surface area (Å²) < 4.78 is 74.2. The second kappa shape index (κ2) is 3.61. The minimum Gasteiger partial charge on any atom is -0.193 e. The lowest BCUT2D eigenvalue weighted by Crippen LogP contribution is -2.11. The molecule has 0 atom stereocenters. The topological polar surface area (TPSA) is 25.1 Å². The fourth-order valence-electron chi connectivity index (χ4n) is 1.25. The van der Waals surface area contributed by atoms with Gasteiger partial charge in [0.1, 0.15) is 0 Å². The van der Waals surface area contributed by atoms with Crippen molar-refractivity contribution in [3.63, 3.8) is 0 Å². The van der Waals surface area contributed by atoms with E-state index in [0.29, 0.717) is 12.1 Å². The maximum Gasteiger partial charge on any atom is 0.416 e. The molecule has 0 radical (unpaired) electrons. The minimum atomic E-state index is -4.86. The Hall–Kier alpha value is -1.28. The van der Waals surface area contributed by atoms with Gasteiger partial charge in [-0.1, -0.05) is 0 Å². The van der Waals surface area contributed by atoms with Gasteiger partial charge in [0.15, 0.2) is 0 Å². The van der Waals surface area contributed by atoms with Crippen LogP contribution in [0, 0.1) is 0 Å². The first-order chi connectivity index (χ1) is 7.68. The molecule has 94 valence electrons. The van der Waals surface area contributed by atoms with Crippen LogP contribution < -0.4 is 0 Å². The van der Waals surface area contributed by atoms with Crippen molar-refractivity contribution in [1.29, 1.82) is 0 Å². The van der Waals surface area contributed by atoms with Crippen LogP contribution in [0.5, 0.6) is 0 Å². The second-order valence-electron chi connectivity index (χ2n) is 3.36. The molecule has 1 aliphatic heterocycles. The van der Waals surface area contributed by atoms with Crippen molar-refractivity contribution < 1.29 is 36.1 Å². The maximum absolute atomic E-state index is 12.4. The SMILES string of the molecule is FC(F)(F)c1cc(C2OO2)cc(C(F)(F)F)c1. The maximum atomic E-state index is 12.4. The summed E-state index contributed by atoms with van der Waals surface area (Å²) in [5.74, 6) is 0. The summed E-state index contributed by atoms with van der Waals surface area (Å²) in [6.07, 6.45) is -10.9. The van der Waals surface area contributed by atoms with Crippen LogP contribution in [0.2, 0.25) is 0 Å². The van der Waals surface area contributed by atoms with Crippen molar-refractivity contribution in [3.05, 3.63) is 34.9 Å². The lowest BCUT2D eigenvalue weighted by molar-refractivity contribution is -0.143. The molecule has 8 heteroatoms. The standard InChI is InChI=1S/C9H4F6O2/c10-8(11,12)5-1-4(7-16-17-7)2-6(3-5)9(13,14)15/h1-3,7H. The van der Waals surface area contributed by atoms with Gasteiger partial charge in [-0.3, -0.25) is 0 Å². The average Bonchev–Trinajstić information content (AvgIpc) is 2.97. The average molecular weight is 258 g/mol. The molecule has 2 rings (SSSR count). The molecule has 0 amide bonds. The number of benzene rings is 1. The van der Waals surface area contributed by atoms with Gasteiger partial charge >= 0.3 is 12.4 Å². The van der Waals surface area contributed by atoms with E-state index in [1.165, 1.54) is 0 Å². The summed E-state index contributed by atoms with van der Waals surface area (Å²) in [5.41, 5.74) is -3.09. The van der Waals surface area contributed by atoms with Gasteiger partial charge in [0.05, 0.1) is 11.1 Å². The van der Waals surface area contributed by atoms with Crippen LogP contribution in [0.3, 0.4) is 0 Å². The van der Waals surface area contributed by atoms with Crippen LogP contribution in [-0.4, -0.2) is 0 Å². The fraction of sp³-hybridized carbons (Fsp3) is 0.333. The summed E-state index contributed by atoms with van der Waals surface area (Å²) in [4.78, 5) is 8.39. The zero-order chi connectivity index (χ0) is 12.8. The first-order valence-electron chi connectivity index (χ1n) is 4.29. The van der Waals surface area contributed by atoms with Gasteiger partial charge in [-0.2, -0.15) is 36.1 Å². The van der Waals surface area contributed by atoms with E-state index in [1.807, 2.05) is 0 Å². The van der Waals surface area contributed by atoms with Gasteiger partial charge < -0.3 is 0 Å². The Morgan fingerprint density at radius 2 is 1.18 bits per heavy atom. The van der Waals surface area contributed by atoms with Gasteiger partial charge in [-0.15, -0.1) is 0 Å². The summed E-state index contributed by atoms with van der Waals surface area (Å²) in [6.45, 7) is 0. The summed E-state index contributed by atoms with van der Waals surface area (Å²) in [7, 11) is 0. The van der Waals surface area contributed by atoms with Crippen LogP contribution in [0.4, 0.5) is 26.3 Å². The Labute approximate surface area is 90.7 Å². The molecule has 0 saturated carbocycles. The second-order valence-corrected chi connectivity index (χ2v) is 3.36. The van der Waals surface area contributed by atoms with Crippen LogP contribution in [0.15, 0.2) is 18.2 Å². The van der Waals surface area contributed by atoms with Crippen molar-refractivity contribution in [3.8, 4) is 0 Å². The van der Waals surface area contributed by atoms with E-state index >= 15 is 0 Å². The van der Waals surface area contributed by atoms with Crippen molar-refractivity contribution in [2.75, 3.05) is 0 Å². The monoisotopic (exact) mass is 258 g/mol. The van der Waals surface area contributed by atoms with Gasteiger partial charge in [0.2, 0.25) is 6.29 Å². The van der Waals surface area contributed by atoms with E-state index < -0.39 is 29.8 Å². The number of alkyl halides is 6. The third-order valence-corrected chi connectivity index (χ3v) is 2.07. The molecule has 0 spiro atoms. The molecule has 0 aliphatic carbocycles. The van der Waals surface area contributed by atoms with Crippen molar-refractivity contribution in [2.45, 2.75) is 18.6 Å². The molecule has 2 nitrogen and oxygen atoms in total. The first-order valence-corrected chi connectivity index (χ1v) is 4.29. The third-order valence-electron chi connectivity index (χ3n) is 2.07. The van der Waals surface area contributed by atoms with Crippen LogP contribution in [-0.2, 0) is 22.1 Å². The molecule has 0 bridgehead atoms. The van der Waals surface area contributed by atoms with E-state index in [2.05, 4.69) is 9.78 Å². The van der Waals surface area contributed by atoms with E-state index in [1.54, 1.807) is 0 Å². The van der Waals surface area contributed by atoms with Gasteiger partial charge in [0.25, 0.3) is 0 Å². The Kier molecular flexibility index (Phi) is 2.58. The summed E-state index contributed by atoms with van der Waals surface area (Å²) >= 11 is 0. The molecule has 0 N–H and O–H groups in total. The smallest absolute Gasteiger partial charge is 0.193 e. The Morgan fingerprint density at radius 3 is 1.47 bits per heavy atom. The number of rotatable bonds is 1. The highest BCUT2D eigenvalue weighted by atomic mass is 19.4. The Bertz CT molecular complexity index is 400. The molecule has 1 heterocycles. The highest BCUT2D eigenvalue weighted by Crippen LogP contribution is 2.40. The molecule has 1 saturated heterocycles. The lowest BCUT2D eigenvalue weighted by Gasteiger charge is -2.12. The molecular weight excluding hydrogens is 254 g/mol. The molecule has 17 heavy (non-hydrogen) atoms. The molecule has 1 aliphatic rings. The predicted octanol–water partition coefficient (Wildman–Crippen LogP) is 3.68. The van der Waals surface area contributed by atoms with E-state index in [-0.39, 0.29) is 11.6 Å². The van der Waals surface area contributed by atoms with Crippen molar-refractivity contribution in [1.82, 2.24) is 0 Å². The highest BCUT2D eigenvalue weighted by molar-refractivity contribution is 5.34. The lowest BCUT2D eigenvalue weighted by atomic mass is 10.0. The van der Waals surface area contributed by atoms with Gasteiger partial charge in [-0.05, 0) is 18.2 Å². The molecule has 0 unspecified atom stereocenters. The number of hydrogen-bond acceptors (Lipinski definition) is 2. The summed E-state index contributed by atoms with van der Waals surface area (Å²) in [6, 6.07) is 1.17. The van der Waals surface area contributed by atoms with E-state index in [0.717, 1.165) is 0 Å². The quantitative estimate of drug-likeness (QED) is 0.436. The number of hydrogen-bond donors (Lipinski definition) is 0. The minimum absolute atomic E-state index is 0.0475. The van der Waals surface area contributed by atoms with Gasteiger partial charge in [0, 0.05) is 5.56 Å². The number of halogens is 6. The first kappa shape index (κ1) is 12.2. The predicted molar refractivity (Wildman–Crippen MR) is 41.4 cm³/mol. The Balaban J connectivity index is 2.50. The van der Waals surface area contributed by atoms with E-state index in [9.17, 15) is 26.3 Å². The third kappa shape index (κ3) is 2.70. The van der Waals surface area contributed by atoms with Crippen LogP contribution in [0.25, 0.3) is 0 Å². The summed E-state index contributed by atoms with van der Waals surface area (Å²) in [5, 5.41) is 0. The molecular formula is C9H4F6O2. The molecule has 0 aromatic heterocycles. The fourth-order valence-corrected chi connectivity index (χ4v) is 1.25. The largest absolute Gasteiger partial charge is 0.416 e. The zero-order valence-corrected chi connectivity index (χ0v) is 7.89. The van der Waals surface area contributed by atoms with Crippen LogP contribution >= 0.6 is 0 Å². The van der Waals surface area contributed by atoms with Crippen molar-refractivity contribution >= 4 is 0 Å².